The fourth-order valence-electron chi connectivity index (χ4n) is 1.70. The predicted octanol–water partition coefficient (Wildman–Crippen LogP) is 0.141. The van der Waals surface area contributed by atoms with Gasteiger partial charge in [0.1, 0.15) is 0 Å². The average Bonchev–Trinajstić information content (AvgIpc) is 2.18. The summed E-state index contributed by atoms with van der Waals surface area (Å²) in [6.07, 6.45) is 1.85. The van der Waals surface area contributed by atoms with E-state index in [1.165, 1.54) is 6.20 Å². The second kappa shape index (κ2) is 4.46. The Balaban J connectivity index is 0.00000112. The third kappa shape index (κ3) is 2.03. The molecule has 2 heterocycles. The second-order valence-corrected chi connectivity index (χ2v) is 3.22. The zero-order valence-corrected chi connectivity index (χ0v) is 8.69. The minimum atomic E-state index is -0.999. The minimum Gasteiger partial charge on any atom is -0.478 e. The smallest absolute Gasteiger partial charge is 0.337 e. The molecule has 0 amide bonds. The van der Waals surface area contributed by atoms with Crippen molar-refractivity contribution in [2.45, 2.75) is 13.0 Å². The number of fused-ring (bicyclic) bond motifs is 1. The van der Waals surface area contributed by atoms with E-state index in [-0.39, 0.29) is 23.5 Å². The number of carboxylic acids is 1. The van der Waals surface area contributed by atoms with Crippen molar-refractivity contribution in [1.82, 2.24) is 10.3 Å². The summed E-state index contributed by atoms with van der Waals surface area (Å²) in [5, 5.41) is 11.9. The highest BCUT2D eigenvalue weighted by molar-refractivity contribution is 5.89. The van der Waals surface area contributed by atoms with Crippen molar-refractivity contribution in [2.24, 2.45) is 0 Å². The molecule has 82 valence electrons. The lowest BCUT2D eigenvalue weighted by Gasteiger charge is -2.17. The molecule has 2 rings (SSSR count). The summed E-state index contributed by atoms with van der Waals surface area (Å²) < 4.78 is 0. The maximum Gasteiger partial charge on any atom is 0.337 e. The molecule has 6 heteroatoms. The lowest BCUT2D eigenvalue weighted by molar-refractivity contribution is 0.0694. The molecule has 0 spiro atoms. The minimum absolute atomic E-state index is 0. The van der Waals surface area contributed by atoms with Gasteiger partial charge in [0.25, 0.3) is 5.56 Å². The van der Waals surface area contributed by atoms with Crippen LogP contribution in [0.15, 0.2) is 11.0 Å². The van der Waals surface area contributed by atoms with Crippen LogP contribution in [0, 0.1) is 0 Å². The van der Waals surface area contributed by atoms with Crippen molar-refractivity contribution in [2.75, 3.05) is 6.54 Å². The van der Waals surface area contributed by atoms with Crippen LogP contribution in [0.3, 0.4) is 0 Å². The topological polar surface area (TPSA) is 82.2 Å². The second-order valence-electron chi connectivity index (χ2n) is 3.22. The summed E-state index contributed by atoms with van der Waals surface area (Å²) >= 11 is 0. The molecule has 0 aliphatic carbocycles. The number of carboxylic acid groups (broad SMARTS) is 1. The molecule has 3 N–H and O–H groups in total. The van der Waals surface area contributed by atoms with E-state index in [1.54, 1.807) is 0 Å². The van der Waals surface area contributed by atoms with Gasteiger partial charge in [-0.15, -0.1) is 12.4 Å². The number of rotatable bonds is 1. The highest BCUT2D eigenvalue weighted by Gasteiger charge is 2.19. The summed E-state index contributed by atoms with van der Waals surface area (Å²) in [7, 11) is 0. The Morgan fingerprint density at radius 1 is 1.40 bits per heavy atom. The van der Waals surface area contributed by atoms with E-state index in [0.717, 1.165) is 6.54 Å². The molecule has 1 aromatic heterocycles. The molecule has 0 saturated heterocycles. The zero-order chi connectivity index (χ0) is 10.1. The SMILES string of the molecule is Cl.O=C(O)c1c[nH]c(=O)c2c1CNCC2. The lowest BCUT2D eigenvalue weighted by Crippen LogP contribution is -2.31. The van der Waals surface area contributed by atoms with Crippen LogP contribution in [0.25, 0.3) is 0 Å². The van der Waals surface area contributed by atoms with E-state index in [1.807, 2.05) is 0 Å². The number of aromatic amines is 1. The number of hydrogen-bond donors (Lipinski definition) is 3. The van der Waals surface area contributed by atoms with E-state index in [2.05, 4.69) is 10.3 Å². The quantitative estimate of drug-likeness (QED) is 0.641. The molecule has 1 aliphatic heterocycles. The highest BCUT2D eigenvalue weighted by atomic mass is 35.5. The molecule has 1 aliphatic rings. The summed E-state index contributed by atoms with van der Waals surface area (Å²) in [6, 6.07) is 0. The van der Waals surface area contributed by atoms with E-state index >= 15 is 0 Å². The number of aromatic nitrogens is 1. The highest BCUT2D eigenvalue weighted by Crippen LogP contribution is 2.13. The van der Waals surface area contributed by atoms with Gasteiger partial charge in [-0.2, -0.15) is 0 Å². The molecule has 0 aromatic carbocycles. The maximum absolute atomic E-state index is 11.4. The third-order valence-corrected chi connectivity index (χ3v) is 2.40. The fourth-order valence-corrected chi connectivity index (χ4v) is 1.70. The predicted molar refractivity (Wildman–Crippen MR) is 56.7 cm³/mol. The van der Waals surface area contributed by atoms with Crippen LogP contribution in [-0.4, -0.2) is 22.6 Å². The van der Waals surface area contributed by atoms with Crippen molar-refractivity contribution in [1.29, 1.82) is 0 Å². The van der Waals surface area contributed by atoms with Crippen LogP contribution in [0.2, 0.25) is 0 Å². The Kier molecular flexibility index (Phi) is 3.49. The molecule has 5 nitrogen and oxygen atoms in total. The lowest BCUT2D eigenvalue weighted by atomic mass is 9.99. The summed E-state index contributed by atoms with van der Waals surface area (Å²) in [5.74, 6) is -0.999. The van der Waals surface area contributed by atoms with Gasteiger partial charge < -0.3 is 15.4 Å². The average molecular weight is 231 g/mol. The van der Waals surface area contributed by atoms with E-state index < -0.39 is 5.97 Å². The molecular formula is C9H11ClN2O3. The van der Waals surface area contributed by atoms with Gasteiger partial charge >= 0.3 is 5.97 Å². The van der Waals surface area contributed by atoms with Gasteiger partial charge in [0.2, 0.25) is 0 Å². The maximum atomic E-state index is 11.4. The number of nitrogens with one attached hydrogen (secondary N) is 2. The van der Waals surface area contributed by atoms with Crippen molar-refractivity contribution in [3.8, 4) is 0 Å². The Hall–Kier alpha value is -1.33. The van der Waals surface area contributed by atoms with Gasteiger partial charge in [0.15, 0.2) is 0 Å². The summed E-state index contributed by atoms with van der Waals surface area (Å²) in [4.78, 5) is 24.6. The molecule has 0 unspecified atom stereocenters. The molecule has 1 aromatic rings. The first-order valence-electron chi connectivity index (χ1n) is 4.37. The van der Waals surface area contributed by atoms with E-state index in [0.29, 0.717) is 24.1 Å². The van der Waals surface area contributed by atoms with Gasteiger partial charge in [-0.3, -0.25) is 4.79 Å². The Morgan fingerprint density at radius 3 is 2.80 bits per heavy atom. The fraction of sp³-hybridized carbons (Fsp3) is 0.333. The van der Waals surface area contributed by atoms with Crippen LogP contribution in [0.4, 0.5) is 0 Å². The molecule has 0 radical (unpaired) electrons. The van der Waals surface area contributed by atoms with Crippen LogP contribution in [-0.2, 0) is 13.0 Å². The van der Waals surface area contributed by atoms with Gasteiger partial charge in [0, 0.05) is 18.3 Å². The van der Waals surface area contributed by atoms with Gasteiger partial charge in [-0.25, -0.2) is 4.79 Å². The van der Waals surface area contributed by atoms with Crippen LogP contribution in [0.1, 0.15) is 21.5 Å². The summed E-state index contributed by atoms with van der Waals surface area (Å²) in [5.41, 5.74) is 1.23. The monoisotopic (exact) mass is 230 g/mol. The Labute approximate surface area is 91.9 Å². The van der Waals surface area contributed by atoms with Gasteiger partial charge in [-0.05, 0) is 18.5 Å². The molecule has 0 bridgehead atoms. The number of pyridine rings is 1. The number of halogens is 1. The number of hydrogen-bond acceptors (Lipinski definition) is 3. The largest absolute Gasteiger partial charge is 0.478 e. The zero-order valence-electron chi connectivity index (χ0n) is 7.87. The molecule has 15 heavy (non-hydrogen) atoms. The third-order valence-electron chi connectivity index (χ3n) is 2.40. The molecule has 0 fully saturated rings. The molecule has 0 atom stereocenters. The van der Waals surface area contributed by atoms with Crippen molar-refractivity contribution in [3.63, 3.8) is 0 Å². The van der Waals surface area contributed by atoms with E-state index in [4.69, 9.17) is 5.11 Å². The van der Waals surface area contributed by atoms with E-state index in [9.17, 15) is 9.59 Å². The van der Waals surface area contributed by atoms with Crippen molar-refractivity contribution < 1.29 is 9.90 Å². The summed E-state index contributed by atoms with van der Waals surface area (Å²) in [6.45, 7) is 1.18. The first kappa shape index (κ1) is 11.7. The number of carbonyl (C=O) groups is 1. The number of aromatic carboxylic acids is 1. The van der Waals surface area contributed by atoms with Gasteiger partial charge in [-0.1, -0.05) is 0 Å². The Bertz CT molecular complexity index is 441. The first-order chi connectivity index (χ1) is 6.70. The van der Waals surface area contributed by atoms with Crippen LogP contribution < -0.4 is 10.9 Å². The molecular weight excluding hydrogens is 220 g/mol. The van der Waals surface area contributed by atoms with Gasteiger partial charge in [0.05, 0.1) is 5.56 Å². The van der Waals surface area contributed by atoms with Crippen LogP contribution >= 0.6 is 12.4 Å². The van der Waals surface area contributed by atoms with Crippen LogP contribution in [0.5, 0.6) is 0 Å². The number of H-pyrrole nitrogens is 1. The molecule has 0 saturated carbocycles. The van der Waals surface area contributed by atoms with Crippen molar-refractivity contribution >= 4 is 18.4 Å². The first-order valence-corrected chi connectivity index (χ1v) is 4.37. The normalized spacial score (nSPS) is 13.9. The standard InChI is InChI=1S/C9H10N2O3.ClH/c12-8-5-1-2-10-3-6(5)7(4-11-8)9(13)14;/h4,10H,1-3H2,(H,11,12)(H,13,14);1H. The van der Waals surface area contributed by atoms with Crippen molar-refractivity contribution in [3.05, 3.63) is 33.2 Å². The Morgan fingerprint density at radius 2 is 2.13 bits per heavy atom.